The van der Waals surface area contributed by atoms with Crippen LogP contribution in [-0.4, -0.2) is 32.8 Å². The molecule has 0 spiro atoms. The van der Waals surface area contributed by atoms with Crippen molar-refractivity contribution in [1.82, 2.24) is 9.97 Å². The number of hydrogen-bond acceptors (Lipinski definition) is 5. The minimum atomic E-state index is 0.151. The van der Waals surface area contributed by atoms with Gasteiger partial charge < -0.3 is 5.73 Å². The Morgan fingerprint density at radius 3 is 2.78 bits per heavy atom. The molecule has 0 radical (unpaired) electrons. The molecule has 1 aromatic rings. The third kappa shape index (κ3) is 3.62. The van der Waals surface area contributed by atoms with Gasteiger partial charge in [-0.2, -0.15) is 11.8 Å². The molecular formula is C13H21N3S2. The van der Waals surface area contributed by atoms with Gasteiger partial charge in [-0.15, -0.1) is 11.8 Å². The molecule has 1 fully saturated rings. The lowest BCUT2D eigenvalue weighted by Gasteiger charge is -2.27. The summed E-state index contributed by atoms with van der Waals surface area (Å²) in [5, 5.41) is 1.02. The monoisotopic (exact) mass is 283 g/mol. The highest BCUT2D eigenvalue weighted by Gasteiger charge is 2.26. The third-order valence-corrected chi connectivity index (χ3v) is 5.98. The molecule has 2 heterocycles. The van der Waals surface area contributed by atoms with E-state index in [1.165, 1.54) is 11.5 Å². The van der Waals surface area contributed by atoms with Crippen LogP contribution in [0, 0.1) is 6.92 Å². The van der Waals surface area contributed by atoms with Crippen molar-refractivity contribution < 1.29 is 0 Å². The molecular weight excluding hydrogens is 262 g/mol. The molecule has 5 heteroatoms. The second-order valence-corrected chi connectivity index (χ2v) is 7.64. The minimum Gasteiger partial charge on any atom is -0.328 e. The Balaban J connectivity index is 2.23. The van der Waals surface area contributed by atoms with E-state index in [4.69, 9.17) is 10.7 Å². The summed E-state index contributed by atoms with van der Waals surface area (Å²) in [7, 11) is 0. The van der Waals surface area contributed by atoms with E-state index in [2.05, 4.69) is 18.0 Å². The summed E-state index contributed by atoms with van der Waals surface area (Å²) in [6.07, 6.45) is 0.829. The lowest BCUT2D eigenvalue weighted by Crippen LogP contribution is -2.22. The summed E-state index contributed by atoms with van der Waals surface area (Å²) in [4.78, 5) is 9.35. The molecule has 0 amide bonds. The summed E-state index contributed by atoms with van der Waals surface area (Å²) in [6.45, 7) is 6.34. The van der Waals surface area contributed by atoms with Gasteiger partial charge in [-0.3, -0.25) is 0 Å². The van der Waals surface area contributed by atoms with Crippen molar-refractivity contribution in [3.8, 4) is 0 Å². The molecule has 2 rings (SSSR count). The van der Waals surface area contributed by atoms with Gasteiger partial charge in [0.1, 0.15) is 5.82 Å². The van der Waals surface area contributed by atoms with Gasteiger partial charge in [0.25, 0.3) is 0 Å². The molecule has 100 valence electrons. The maximum atomic E-state index is 5.86. The van der Waals surface area contributed by atoms with Crippen LogP contribution in [0.4, 0.5) is 0 Å². The molecule has 3 nitrogen and oxygen atoms in total. The predicted octanol–water partition coefficient (Wildman–Crippen LogP) is 2.58. The van der Waals surface area contributed by atoms with Crippen LogP contribution in [0.1, 0.15) is 36.3 Å². The van der Waals surface area contributed by atoms with E-state index in [9.17, 15) is 0 Å². The lowest BCUT2D eigenvalue weighted by molar-refractivity contribution is 0.703. The smallest absolute Gasteiger partial charge is 0.142 e. The molecule has 3 unspecified atom stereocenters. The first-order valence-corrected chi connectivity index (χ1v) is 8.49. The maximum absolute atomic E-state index is 5.86. The fourth-order valence-corrected chi connectivity index (χ4v) is 4.83. The van der Waals surface area contributed by atoms with Crippen molar-refractivity contribution in [2.24, 2.45) is 5.73 Å². The van der Waals surface area contributed by atoms with Crippen LogP contribution in [0.3, 0.4) is 0 Å². The number of hydrogen-bond donors (Lipinski definition) is 1. The van der Waals surface area contributed by atoms with Gasteiger partial charge in [-0.05, 0) is 19.9 Å². The maximum Gasteiger partial charge on any atom is 0.142 e. The van der Waals surface area contributed by atoms with Crippen molar-refractivity contribution >= 4 is 23.5 Å². The largest absolute Gasteiger partial charge is 0.328 e. The number of aromatic nitrogens is 2. The number of rotatable bonds is 3. The van der Waals surface area contributed by atoms with Gasteiger partial charge in [0, 0.05) is 40.6 Å². The van der Waals surface area contributed by atoms with E-state index in [0.717, 1.165) is 23.6 Å². The summed E-state index contributed by atoms with van der Waals surface area (Å²) in [5.74, 6) is 3.43. The molecule has 0 aromatic carbocycles. The average molecular weight is 283 g/mol. The lowest BCUT2D eigenvalue weighted by atomic mass is 10.1. The van der Waals surface area contributed by atoms with E-state index in [0.29, 0.717) is 10.5 Å². The Bertz CT molecular complexity index is 409. The summed E-state index contributed by atoms with van der Waals surface area (Å²) >= 11 is 4.00. The molecule has 0 aliphatic carbocycles. The Hall–Kier alpha value is -0.260. The molecule has 0 saturated carbocycles. The number of aryl methyl sites for hydroxylation is 1. The number of nitrogens with zero attached hydrogens (tertiary/aromatic N) is 2. The molecule has 1 aromatic heterocycles. The molecule has 1 saturated heterocycles. The minimum absolute atomic E-state index is 0.151. The van der Waals surface area contributed by atoms with E-state index in [-0.39, 0.29) is 6.04 Å². The van der Waals surface area contributed by atoms with Crippen molar-refractivity contribution in [3.63, 3.8) is 0 Å². The quantitative estimate of drug-likeness (QED) is 0.924. The van der Waals surface area contributed by atoms with Gasteiger partial charge in [0.2, 0.25) is 0 Å². The van der Waals surface area contributed by atoms with Gasteiger partial charge >= 0.3 is 0 Å². The zero-order valence-corrected chi connectivity index (χ0v) is 12.9. The van der Waals surface area contributed by atoms with Crippen LogP contribution in [0.25, 0.3) is 0 Å². The molecule has 3 atom stereocenters. The molecule has 18 heavy (non-hydrogen) atoms. The van der Waals surface area contributed by atoms with Gasteiger partial charge in [-0.25, -0.2) is 9.97 Å². The first-order chi connectivity index (χ1) is 8.56. The van der Waals surface area contributed by atoms with Crippen LogP contribution in [-0.2, 0) is 6.42 Å². The van der Waals surface area contributed by atoms with Crippen molar-refractivity contribution in [2.75, 3.05) is 11.5 Å². The van der Waals surface area contributed by atoms with Gasteiger partial charge in [0.15, 0.2) is 0 Å². The first-order valence-electron chi connectivity index (χ1n) is 6.39. The van der Waals surface area contributed by atoms with Crippen molar-refractivity contribution in [3.05, 3.63) is 23.3 Å². The predicted molar refractivity (Wildman–Crippen MR) is 81.2 cm³/mol. The normalized spacial score (nSPS) is 26.0. The van der Waals surface area contributed by atoms with E-state index >= 15 is 0 Å². The average Bonchev–Trinajstić information content (AvgIpc) is 2.27. The summed E-state index contributed by atoms with van der Waals surface area (Å²) in [5.41, 5.74) is 7.99. The van der Waals surface area contributed by atoms with Gasteiger partial charge in [-0.1, -0.05) is 6.92 Å². The first kappa shape index (κ1) is 14.2. The number of nitrogens with two attached hydrogens (primary N) is 1. The Kier molecular flexibility index (Phi) is 4.92. The fourth-order valence-electron chi connectivity index (χ4n) is 2.14. The van der Waals surface area contributed by atoms with Crippen LogP contribution in [0.15, 0.2) is 6.07 Å². The highest BCUT2D eigenvalue weighted by Crippen LogP contribution is 2.41. The zero-order valence-electron chi connectivity index (χ0n) is 11.2. The van der Waals surface area contributed by atoms with E-state index in [1.54, 1.807) is 0 Å². The SMILES string of the molecule is Cc1cc(CC(C)N)nc(C2SCCSC2C)n1. The van der Waals surface area contributed by atoms with E-state index in [1.807, 2.05) is 37.4 Å². The Morgan fingerprint density at radius 2 is 2.11 bits per heavy atom. The molecule has 2 N–H and O–H groups in total. The molecule has 1 aliphatic rings. The topological polar surface area (TPSA) is 51.8 Å². The highest BCUT2D eigenvalue weighted by atomic mass is 32.2. The number of thioether (sulfide) groups is 2. The van der Waals surface area contributed by atoms with Crippen molar-refractivity contribution in [1.29, 1.82) is 0 Å². The molecule has 1 aliphatic heterocycles. The fraction of sp³-hybridized carbons (Fsp3) is 0.692. The van der Waals surface area contributed by atoms with Crippen LogP contribution in [0.2, 0.25) is 0 Å². The van der Waals surface area contributed by atoms with Crippen LogP contribution >= 0.6 is 23.5 Å². The Morgan fingerprint density at radius 1 is 1.39 bits per heavy atom. The summed E-state index contributed by atoms with van der Waals surface area (Å²) in [6, 6.07) is 2.20. The standard InChI is InChI=1S/C13H21N3S2/c1-8(14)6-11-7-9(2)15-13(16-11)12-10(3)17-4-5-18-12/h7-8,10,12H,4-6,14H2,1-3H3. The van der Waals surface area contributed by atoms with Crippen LogP contribution in [0.5, 0.6) is 0 Å². The van der Waals surface area contributed by atoms with Crippen LogP contribution < -0.4 is 5.73 Å². The highest BCUT2D eigenvalue weighted by molar-refractivity contribution is 8.06. The second kappa shape index (κ2) is 6.26. The second-order valence-electron chi connectivity index (χ2n) is 4.91. The van der Waals surface area contributed by atoms with E-state index < -0.39 is 0 Å². The molecule has 0 bridgehead atoms. The third-order valence-electron chi connectivity index (χ3n) is 2.90. The zero-order chi connectivity index (χ0) is 13.1. The Labute approximate surface area is 118 Å². The van der Waals surface area contributed by atoms with Gasteiger partial charge in [0.05, 0.1) is 5.25 Å². The van der Waals surface area contributed by atoms with Crippen molar-refractivity contribution in [2.45, 2.75) is 43.7 Å². The summed E-state index contributed by atoms with van der Waals surface area (Å²) < 4.78 is 0.